The number of rotatable bonds is 6. The predicted octanol–water partition coefficient (Wildman–Crippen LogP) is 2.56. The summed E-state index contributed by atoms with van der Waals surface area (Å²) in [7, 11) is 0. The molecule has 23 heavy (non-hydrogen) atoms. The lowest BCUT2D eigenvalue weighted by atomic mass is 9.92. The van der Waals surface area contributed by atoms with Gasteiger partial charge in [-0.2, -0.15) is 0 Å². The lowest BCUT2D eigenvalue weighted by Gasteiger charge is -2.22. The molecule has 1 aliphatic rings. The fourth-order valence-corrected chi connectivity index (χ4v) is 2.74. The second-order valence-electron chi connectivity index (χ2n) is 5.53. The highest BCUT2D eigenvalue weighted by molar-refractivity contribution is 9.10. The molecule has 0 aliphatic carbocycles. The first-order valence-electron chi connectivity index (χ1n) is 7.44. The molecule has 124 valence electrons. The van der Waals surface area contributed by atoms with E-state index in [4.69, 9.17) is 4.74 Å². The summed E-state index contributed by atoms with van der Waals surface area (Å²) in [5.74, 6) is -1.05. The van der Waals surface area contributed by atoms with Gasteiger partial charge in [0.15, 0.2) is 0 Å². The van der Waals surface area contributed by atoms with E-state index in [1.165, 1.54) is 0 Å². The Balaban J connectivity index is 2.12. The highest BCUT2D eigenvalue weighted by Crippen LogP contribution is 2.30. The molecular formula is C16H19BrN2O4. The number of unbranched alkanes of at least 4 members (excludes halogenated alkanes) is 1. The van der Waals surface area contributed by atoms with Gasteiger partial charge >= 0.3 is 12.0 Å². The minimum Gasteiger partial charge on any atom is -0.464 e. The summed E-state index contributed by atoms with van der Waals surface area (Å²) in [6.45, 7) is 3.52. The van der Waals surface area contributed by atoms with Gasteiger partial charge in [-0.15, -0.1) is 0 Å². The topological polar surface area (TPSA) is 75.7 Å². The molecule has 3 amide bonds. The van der Waals surface area contributed by atoms with Crippen LogP contribution in [0.4, 0.5) is 4.79 Å². The number of carbonyl (C=O) groups is 3. The van der Waals surface area contributed by atoms with Crippen LogP contribution in [0.5, 0.6) is 0 Å². The molecule has 0 unspecified atom stereocenters. The molecule has 0 saturated carbocycles. The lowest BCUT2D eigenvalue weighted by molar-refractivity contribution is -0.147. The highest BCUT2D eigenvalue weighted by Gasteiger charge is 2.49. The normalized spacial score (nSPS) is 20.6. The Hall–Kier alpha value is -1.89. The number of ether oxygens (including phenoxy) is 1. The molecule has 7 heteroatoms. The molecule has 1 heterocycles. The summed E-state index contributed by atoms with van der Waals surface area (Å²) >= 11 is 3.35. The molecule has 0 aromatic heterocycles. The van der Waals surface area contributed by atoms with Crippen molar-refractivity contribution in [1.82, 2.24) is 10.2 Å². The number of amides is 3. The van der Waals surface area contributed by atoms with E-state index in [9.17, 15) is 14.4 Å². The zero-order valence-corrected chi connectivity index (χ0v) is 14.7. The van der Waals surface area contributed by atoms with Crippen molar-refractivity contribution in [3.8, 4) is 0 Å². The van der Waals surface area contributed by atoms with E-state index in [2.05, 4.69) is 21.2 Å². The van der Waals surface area contributed by atoms with Crippen molar-refractivity contribution < 1.29 is 19.1 Å². The Labute approximate surface area is 143 Å². The Morgan fingerprint density at radius 1 is 1.39 bits per heavy atom. The van der Waals surface area contributed by atoms with E-state index < -0.39 is 23.4 Å². The van der Waals surface area contributed by atoms with Gasteiger partial charge in [-0.3, -0.25) is 14.5 Å². The Morgan fingerprint density at radius 2 is 2.13 bits per heavy atom. The van der Waals surface area contributed by atoms with Gasteiger partial charge in [0, 0.05) is 4.47 Å². The molecule has 0 radical (unpaired) electrons. The average molecular weight is 383 g/mol. The summed E-state index contributed by atoms with van der Waals surface area (Å²) < 4.78 is 5.82. The first-order chi connectivity index (χ1) is 10.9. The van der Waals surface area contributed by atoms with Crippen LogP contribution >= 0.6 is 15.9 Å². The fraction of sp³-hybridized carbons (Fsp3) is 0.438. The van der Waals surface area contributed by atoms with E-state index in [1.54, 1.807) is 25.1 Å². The van der Waals surface area contributed by atoms with Gasteiger partial charge in [-0.1, -0.05) is 41.4 Å². The third-order valence-electron chi connectivity index (χ3n) is 3.73. The summed E-state index contributed by atoms with van der Waals surface area (Å²) in [4.78, 5) is 37.4. The average Bonchev–Trinajstić information content (AvgIpc) is 2.72. The van der Waals surface area contributed by atoms with E-state index in [1.807, 2.05) is 13.0 Å². The fourth-order valence-electron chi connectivity index (χ4n) is 2.34. The standard InChI is InChI=1S/C16H19BrN2O4/c1-3-4-8-23-13(20)10-19-14(21)16(2,18-15(19)22)11-6-5-7-12(17)9-11/h5-7,9H,3-4,8,10H2,1-2H3,(H,18,22)/t16-/m0/s1. The number of imide groups is 1. The molecule has 2 rings (SSSR count). The molecule has 1 atom stereocenters. The van der Waals surface area contributed by atoms with Crippen molar-refractivity contribution in [3.05, 3.63) is 34.3 Å². The third-order valence-corrected chi connectivity index (χ3v) is 4.22. The Bertz CT molecular complexity index is 634. The van der Waals surface area contributed by atoms with Gasteiger partial charge in [-0.05, 0) is 31.0 Å². The van der Waals surface area contributed by atoms with Gasteiger partial charge in [0.25, 0.3) is 5.91 Å². The number of hydrogen-bond acceptors (Lipinski definition) is 4. The molecule has 1 saturated heterocycles. The zero-order valence-electron chi connectivity index (χ0n) is 13.1. The molecule has 0 bridgehead atoms. The number of esters is 1. The third kappa shape index (κ3) is 3.72. The van der Waals surface area contributed by atoms with Crippen LogP contribution in [0.15, 0.2) is 28.7 Å². The maximum absolute atomic E-state index is 12.6. The number of carbonyl (C=O) groups excluding carboxylic acids is 3. The number of nitrogens with one attached hydrogen (secondary N) is 1. The molecule has 1 fully saturated rings. The molecule has 0 spiro atoms. The van der Waals surface area contributed by atoms with Crippen LogP contribution in [-0.2, 0) is 19.9 Å². The van der Waals surface area contributed by atoms with Gasteiger partial charge in [0.1, 0.15) is 12.1 Å². The summed E-state index contributed by atoms with van der Waals surface area (Å²) in [5, 5.41) is 2.66. The van der Waals surface area contributed by atoms with Crippen molar-refractivity contribution in [2.24, 2.45) is 0 Å². The van der Waals surface area contributed by atoms with E-state index in [-0.39, 0.29) is 6.54 Å². The second-order valence-corrected chi connectivity index (χ2v) is 6.45. The minimum atomic E-state index is -1.19. The number of halogens is 1. The van der Waals surface area contributed by atoms with E-state index in [0.29, 0.717) is 12.2 Å². The van der Waals surface area contributed by atoms with Crippen molar-refractivity contribution in [2.45, 2.75) is 32.2 Å². The van der Waals surface area contributed by atoms with Crippen LogP contribution in [0.3, 0.4) is 0 Å². The Kier molecular flexibility index (Phi) is 5.41. The van der Waals surface area contributed by atoms with E-state index in [0.717, 1.165) is 22.2 Å². The van der Waals surface area contributed by atoms with E-state index >= 15 is 0 Å². The second kappa shape index (κ2) is 7.12. The predicted molar refractivity (Wildman–Crippen MR) is 87.6 cm³/mol. The van der Waals surface area contributed by atoms with Gasteiger partial charge in [0.05, 0.1) is 6.61 Å². The van der Waals surface area contributed by atoms with Crippen LogP contribution in [-0.4, -0.2) is 36.0 Å². The summed E-state index contributed by atoms with van der Waals surface area (Å²) in [6, 6.07) is 6.54. The maximum atomic E-state index is 12.6. The first-order valence-corrected chi connectivity index (χ1v) is 8.23. The SMILES string of the molecule is CCCCOC(=O)CN1C(=O)N[C@@](C)(c2cccc(Br)c2)C1=O. The maximum Gasteiger partial charge on any atom is 0.326 e. The number of urea groups is 1. The number of benzene rings is 1. The van der Waals surface area contributed by atoms with Crippen LogP contribution in [0, 0.1) is 0 Å². The van der Waals surface area contributed by atoms with Crippen LogP contribution in [0.1, 0.15) is 32.3 Å². The number of nitrogens with zero attached hydrogens (tertiary/aromatic N) is 1. The molecule has 1 aromatic carbocycles. The molecule has 1 N–H and O–H groups in total. The highest BCUT2D eigenvalue weighted by atomic mass is 79.9. The van der Waals surface area contributed by atoms with Gasteiger partial charge < -0.3 is 10.1 Å². The van der Waals surface area contributed by atoms with Crippen molar-refractivity contribution in [2.75, 3.05) is 13.2 Å². The van der Waals surface area contributed by atoms with Crippen molar-refractivity contribution >= 4 is 33.8 Å². The zero-order chi connectivity index (χ0) is 17.0. The van der Waals surface area contributed by atoms with Crippen LogP contribution in [0.2, 0.25) is 0 Å². The monoisotopic (exact) mass is 382 g/mol. The summed E-state index contributed by atoms with van der Waals surface area (Å²) in [5.41, 5.74) is -0.544. The van der Waals surface area contributed by atoms with Gasteiger partial charge in [0.2, 0.25) is 0 Å². The molecule has 1 aliphatic heterocycles. The lowest BCUT2D eigenvalue weighted by Crippen LogP contribution is -2.41. The smallest absolute Gasteiger partial charge is 0.326 e. The largest absolute Gasteiger partial charge is 0.464 e. The Morgan fingerprint density at radius 3 is 2.78 bits per heavy atom. The van der Waals surface area contributed by atoms with Crippen LogP contribution in [0.25, 0.3) is 0 Å². The van der Waals surface area contributed by atoms with Crippen LogP contribution < -0.4 is 5.32 Å². The van der Waals surface area contributed by atoms with Gasteiger partial charge in [-0.25, -0.2) is 4.79 Å². The minimum absolute atomic E-state index is 0.294. The first kappa shape index (κ1) is 17.5. The van der Waals surface area contributed by atoms with Crippen molar-refractivity contribution in [3.63, 3.8) is 0 Å². The summed E-state index contributed by atoms with van der Waals surface area (Å²) in [6.07, 6.45) is 1.65. The quantitative estimate of drug-likeness (QED) is 0.466. The molecular weight excluding hydrogens is 364 g/mol. The van der Waals surface area contributed by atoms with Crippen molar-refractivity contribution in [1.29, 1.82) is 0 Å². The molecule has 1 aromatic rings. The molecule has 6 nitrogen and oxygen atoms in total. The number of hydrogen-bond donors (Lipinski definition) is 1.